The number of phenolic OH excluding ortho intramolecular Hbond substituents is 1. The van der Waals surface area contributed by atoms with E-state index in [9.17, 15) is 19.8 Å². The van der Waals surface area contributed by atoms with Gasteiger partial charge in [0.25, 0.3) is 0 Å². The van der Waals surface area contributed by atoms with Gasteiger partial charge in [-0.05, 0) is 51.3 Å². The van der Waals surface area contributed by atoms with E-state index in [1.165, 1.54) is 11.8 Å². The van der Waals surface area contributed by atoms with Crippen molar-refractivity contribution in [2.45, 2.75) is 52.1 Å². The Morgan fingerprint density at radius 1 is 1.24 bits per heavy atom. The molecule has 116 valence electrons. The van der Waals surface area contributed by atoms with Crippen LogP contribution in [-0.2, 0) is 16.0 Å². The number of nitrogens with zero attached hydrogens (tertiary/aromatic N) is 1. The number of carbonyl (C=O) groups excluding carboxylic acids is 1. The lowest BCUT2D eigenvalue weighted by Gasteiger charge is -2.40. The van der Waals surface area contributed by atoms with Gasteiger partial charge in [-0.2, -0.15) is 0 Å². The number of phenols is 1. The van der Waals surface area contributed by atoms with Gasteiger partial charge in [0.1, 0.15) is 11.3 Å². The summed E-state index contributed by atoms with van der Waals surface area (Å²) in [6.45, 7) is 6.59. The Bertz CT molecular complexity index is 510. The molecule has 1 aromatic rings. The number of aliphatic carboxylic acids is 1. The number of aromatic hydroxyl groups is 1. The molecular formula is C16H23NO4. The Kier molecular flexibility index (Phi) is 5.35. The predicted molar refractivity (Wildman–Crippen MR) is 80.1 cm³/mol. The van der Waals surface area contributed by atoms with Crippen LogP contribution in [0.4, 0.5) is 0 Å². The summed E-state index contributed by atoms with van der Waals surface area (Å²) >= 11 is 0. The Labute approximate surface area is 125 Å². The highest BCUT2D eigenvalue weighted by atomic mass is 16.4. The average Bonchev–Trinajstić information content (AvgIpc) is 2.37. The summed E-state index contributed by atoms with van der Waals surface area (Å²) < 4.78 is 0. The van der Waals surface area contributed by atoms with Crippen LogP contribution >= 0.6 is 0 Å². The SMILES string of the molecule is CC(=O)N(C(C)C)C(C)(CCc1ccc(O)cc1)C(=O)O. The molecule has 1 atom stereocenters. The van der Waals surface area contributed by atoms with Crippen LogP contribution in [0.1, 0.15) is 39.7 Å². The molecule has 1 amide bonds. The molecule has 0 aliphatic carbocycles. The zero-order chi connectivity index (χ0) is 16.2. The molecule has 0 fully saturated rings. The van der Waals surface area contributed by atoms with E-state index in [2.05, 4.69) is 0 Å². The van der Waals surface area contributed by atoms with Gasteiger partial charge in [0.2, 0.25) is 5.91 Å². The van der Waals surface area contributed by atoms with E-state index in [4.69, 9.17) is 0 Å². The lowest BCUT2D eigenvalue weighted by atomic mass is 9.90. The topological polar surface area (TPSA) is 77.8 Å². The summed E-state index contributed by atoms with van der Waals surface area (Å²) in [5.74, 6) is -1.09. The number of benzene rings is 1. The molecule has 0 heterocycles. The molecule has 0 bridgehead atoms. The van der Waals surface area contributed by atoms with Gasteiger partial charge in [0, 0.05) is 13.0 Å². The van der Waals surface area contributed by atoms with Crippen molar-refractivity contribution in [1.29, 1.82) is 0 Å². The molecule has 0 aromatic heterocycles. The maximum Gasteiger partial charge on any atom is 0.329 e. The fourth-order valence-electron chi connectivity index (χ4n) is 2.66. The Hall–Kier alpha value is -2.04. The quantitative estimate of drug-likeness (QED) is 0.844. The number of carboxylic acids is 1. The minimum atomic E-state index is -1.25. The molecule has 0 saturated carbocycles. The van der Waals surface area contributed by atoms with E-state index in [1.807, 2.05) is 13.8 Å². The fraction of sp³-hybridized carbons (Fsp3) is 0.500. The first-order valence-corrected chi connectivity index (χ1v) is 6.99. The van der Waals surface area contributed by atoms with Crippen LogP contribution in [0.5, 0.6) is 5.75 Å². The van der Waals surface area contributed by atoms with Crippen molar-refractivity contribution in [3.8, 4) is 5.75 Å². The third-order valence-electron chi connectivity index (χ3n) is 3.68. The maximum atomic E-state index is 11.8. The van der Waals surface area contributed by atoms with E-state index in [-0.39, 0.29) is 17.7 Å². The van der Waals surface area contributed by atoms with Crippen LogP contribution in [-0.4, -0.2) is 38.6 Å². The van der Waals surface area contributed by atoms with Crippen molar-refractivity contribution in [2.24, 2.45) is 0 Å². The van der Waals surface area contributed by atoms with Crippen molar-refractivity contribution in [2.75, 3.05) is 0 Å². The van der Waals surface area contributed by atoms with E-state index in [0.717, 1.165) is 5.56 Å². The summed E-state index contributed by atoms with van der Waals surface area (Å²) in [7, 11) is 0. The fourth-order valence-corrected chi connectivity index (χ4v) is 2.66. The van der Waals surface area contributed by atoms with Crippen LogP contribution in [0.3, 0.4) is 0 Å². The molecule has 0 saturated heterocycles. The number of rotatable bonds is 6. The van der Waals surface area contributed by atoms with Gasteiger partial charge < -0.3 is 15.1 Å². The number of amides is 1. The smallest absolute Gasteiger partial charge is 0.329 e. The molecule has 21 heavy (non-hydrogen) atoms. The summed E-state index contributed by atoms with van der Waals surface area (Å²) in [5.41, 5.74) is -0.328. The number of carbonyl (C=O) groups is 2. The second-order valence-electron chi connectivity index (χ2n) is 5.73. The molecule has 5 heteroatoms. The molecular weight excluding hydrogens is 270 g/mol. The van der Waals surface area contributed by atoms with E-state index >= 15 is 0 Å². The first-order chi connectivity index (χ1) is 9.68. The largest absolute Gasteiger partial charge is 0.508 e. The van der Waals surface area contributed by atoms with Crippen molar-refractivity contribution >= 4 is 11.9 Å². The van der Waals surface area contributed by atoms with Crippen molar-refractivity contribution in [3.05, 3.63) is 29.8 Å². The Morgan fingerprint density at radius 2 is 1.76 bits per heavy atom. The van der Waals surface area contributed by atoms with E-state index in [0.29, 0.717) is 12.8 Å². The normalized spacial score (nSPS) is 13.8. The van der Waals surface area contributed by atoms with Gasteiger partial charge in [-0.3, -0.25) is 4.79 Å². The monoisotopic (exact) mass is 293 g/mol. The summed E-state index contributed by atoms with van der Waals surface area (Å²) in [6, 6.07) is 6.45. The van der Waals surface area contributed by atoms with Gasteiger partial charge >= 0.3 is 5.97 Å². The average molecular weight is 293 g/mol. The van der Waals surface area contributed by atoms with Crippen LogP contribution < -0.4 is 0 Å². The van der Waals surface area contributed by atoms with Gasteiger partial charge in [-0.1, -0.05) is 12.1 Å². The highest BCUT2D eigenvalue weighted by Crippen LogP contribution is 2.25. The van der Waals surface area contributed by atoms with Crippen molar-refractivity contribution < 1.29 is 19.8 Å². The number of hydrogen-bond donors (Lipinski definition) is 2. The number of hydrogen-bond acceptors (Lipinski definition) is 3. The Morgan fingerprint density at radius 3 is 2.14 bits per heavy atom. The van der Waals surface area contributed by atoms with Gasteiger partial charge in [0.15, 0.2) is 0 Å². The van der Waals surface area contributed by atoms with Crippen LogP contribution in [0.15, 0.2) is 24.3 Å². The van der Waals surface area contributed by atoms with Gasteiger partial charge in [0.05, 0.1) is 0 Å². The first-order valence-electron chi connectivity index (χ1n) is 6.99. The van der Waals surface area contributed by atoms with Crippen LogP contribution in [0, 0.1) is 0 Å². The molecule has 0 aliphatic heterocycles. The highest BCUT2D eigenvalue weighted by Gasteiger charge is 2.42. The number of aryl methyl sites for hydroxylation is 1. The first kappa shape index (κ1) is 17.0. The molecule has 0 radical (unpaired) electrons. The Balaban J connectivity index is 2.97. The zero-order valence-corrected chi connectivity index (χ0v) is 13.0. The van der Waals surface area contributed by atoms with E-state index < -0.39 is 11.5 Å². The van der Waals surface area contributed by atoms with Gasteiger partial charge in [-0.15, -0.1) is 0 Å². The molecule has 2 N–H and O–H groups in total. The molecule has 1 aromatic carbocycles. The third-order valence-corrected chi connectivity index (χ3v) is 3.68. The van der Waals surface area contributed by atoms with Gasteiger partial charge in [-0.25, -0.2) is 4.79 Å². The molecule has 1 rings (SSSR count). The van der Waals surface area contributed by atoms with E-state index in [1.54, 1.807) is 31.2 Å². The third kappa shape index (κ3) is 3.97. The van der Waals surface area contributed by atoms with Crippen LogP contribution in [0.2, 0.25) is 0 Å². The van der Waals surface area contributed by atoms with Crippen LogP contribution in [0.25, 0.3) is 0 Å². The highest BCUT2D eigenvalue weighted by molar-refractivity contribution is 5.86. The molecule has 0 aliphatic rings. The predicted octanol–water partition coefficient (Wildman–Crippen LogP) is 2.42. The van der Waals surface area contributed by atoms with Crippen molar-refractivity contribution in [1.82, 2.24) is 4.90 Å². The molecule has 5 nitrogen and oxygen atoms in total. The zero-order valence-electron chi connectivity index (χ0n) is 13.0. The summed E-state index contributed by atoms with van der Waals surface area (Å²) in [4.78, 5) is 24.9. The summed E-state index contributed by atoms with van der Waals surface area (Å²) in [6.07, 6.45) is 0.824. The second kappa shape index (κ2) is 6.61. The standard InChI is InChI=1S/C16H23NO4/c1-11(2)17(12(3)18)16(4,15(20)21)10-9-13-5-7-14(19)8-6-13/h5-8,11,19H,9-10H2,1-4H3,(H,20,21). The van der Waals surface area contributed by atoms with Crippen molar-refractivity contribution in [3.63, 3.8) is 0 Å². The lowest BCUT2D eigenvalue weighted by molar-refractivity contribution is -0.160. The second-order valence-corrected chi connectivity index (χ2v) is 5.73. The minimum absolute atomic E-state index is 0.173. The molecule has 0 spiro atoms. The maximum absolute atomic E-state index is 11.8. The minimum Gasteiger partial charge on any atom is -0.508 e. The number of carboxylic acid groups (broad SMARTS) is 1. The lowest BCUT2D eigenvalue weighted by Crippen LogP contribution is -2.57. The molecule has 1 unspecified atom stereocenters. The summed E-state index contributed by atoms with van der Waals surface area (Å²) in [5, 5.41) is 18.8.